The van der Waals surface area contributed by atoms with Crippen LogP contribution in [-0.4, -0.2) is 16.2 Å². The highest BCUT2D eigenvalue weighted by Crippen LogP contribution is 2.23. The summed E-state index contributed by atoms with van der Waals surface area (Å²) in [5.74, 6) is 0.642. The summed E-state index contributed by atoms with van der Waals surface area (Å²) in [6, 6.07) is 3.60. The monoisotopic (exact) mass is 193 g/mol. The lowest BCUT2D eigenvalue weighted by Crippen LogP contribution is -2.11. The molecule has 0 aliphatic heterocycles. The molecule has 2 rings (SSSR count). The highest BCUT2D eigenvalue weighted by molar-refractivity contribution is 5.19. The first-order chi connectivity index (χ1) is 6.88. The zero-order chi connectivity index (χ0) is 9.80. The van der Waals surface area contributed by atoms with Crippen LogP contribution in [0.2, 0.25) is 0 Å². The summed E-state index contributed by atoms with van der Waals surface area (Å²) in [5.41, 5.74) is 0.855. The molecule has 1 heterocycles. The molecule has 1 N–H and O–H groups in total. The molecule has 14 heavy (non-hydrogen) atoms. The second-order valence-electron chi connectivity index (χ2n) is 3.68. The Hall–Kier alpha value is -1.09. The van der Waals surface area contributed by atoms with Crippen molar-refractivity contribution in [3.8, 4) is 5.88 Å². The van der Waals surface area contributed by atoms with Crippen molar-refractivity contribution >= 4 is 0 Å². The number of hydrogen-bond acceptors (Lipinski definition) is 3. The third-order valence-electron chi connectivity index (χ3n) is 2.57. The highest BCUT2D eigenvalue weighted by Gasteiger charge is 2.16. The van der Waals surface area contributed by atoms with Crippen LogP contribution in [0.15, 0.2) is 18.3 Å². The molecule has 1 fully saturated rings. The third kappa shape index (κ3) is 2.23. The van der Waals surface area contributed by atoms with Gasteiger partial charge in [0, 0.05) is 12.3 Å². The topological polar surface area (TPSA) is 42.4 Å². The minimum Gasteiger partial charge on any atom is -0.474 e. The maximum absolute atomic E-state index is 8.94. The van der Waals surface area contributed by atoms with Crippen LogP contribution >= 0.6 is 0 Å². The molecule has 3 nitrogen and oxygen atoms in total. The van der Waals surface area contributed by atoms with Gasteiger partial charge in [-0.3, -0.25) is 0 Å². The van der Waals surface area contributed by atoms with E-state index < -0.39 is 0 Å². The fraction of sp³-hybridized carbons (Fsp3) is 0.545. The Morgan fingerprint density at radius 3 is 2.93 bits per heavy atom. The summed E-state index contributed by atoms with van der Waals surface area (Å²) < 4.78 is 5.70. The third-order valence-corrected chi connectivity index (χ3v) is 2.57. The van der Waals surface area contributed by atoms with Crippen LogP contribution in [0.5, 0.6) is 5.88 Å². The summed E-state index contributed by atoms with van der Waals surface area (Å²) in [4.78, 5) is 4.12. The molecule has 1 aliphatic carbocycles. The standard InChI is InChI=1S/C11H15NO2/c13-8-9-5-6-12-11(7-9)14-10-3-1-2-4-10/h5-7,10,13H,1-4,8H2. The lowest BCUT2D eigenvalue weighted by atomic mass is 10.3. The Kier molecular flexibility index (Phi) is 2.99. The molecule has 0 spiro atoms. The Morgan fingerprint density at radius 2 is 2.21 bits per heavy atom. The quantitative estimate of drug-likeness (QED) is 0.797. The van der Waals surface area contributed by atoms with Gasteiger partial charge in [0.15, 0.2) is 0 Å². The van der Waals surface area contributed by atoms with E-state index in [9.17, 15) is 0 Å². The molecule has 0 bridgehead atoms. The van der Waals surface area contributed by atoms with Crippen molar-refractivity contribution in [2.75, 3.05) is 0 Å². The maximum Gasteiger partial charge on any atom is 0.213 e. The van der Waals surface area contributed by atoms with Gasteiger partial charge in [-0.15, -0.1) is 0 Å². The van der Waals surface area contributed by atoms with Gasteiger partial charge in [-0.1, -0.05) is 0 Å². The van der Waals surface area contributed by atoms with Crippen molar-refractivity contribution in [3.05, 3.63) is 23.9 Å². The molecular weight excluding hydrogens is 178 g/mol. The number of aromatic nitrogens is 1. The van der Waals surface area contributed by atoms with Crippen LogP contribution in [0, 0.1) is 0 Å². The van der Waals surface area contributed by atoms with Gasteiger partial charge in [0.2, 0.25) is 5.88 Å². The van der Waals surface area contributed by atoms with Crippen LogP contribution < -0.4 is 4.74 Å². The molecule has 0 saturated heterocycles. The lowest BCUT2D eigenvalue weighted by Gasteiger charge is -2.11. The minimum atomic E-state index is 0.0452. The molecule has 1 aromatic rings. The molecule has 0 amide bonds. The fourth-order valence-electron chi connectivity index (χ4n) is 1.79. The lowest BCUT2D eigenvalue weighted by molar-refractivity contribution is 0.200. The zero-order valence-electron chi connectivity index (χ0n) is 8.15. The number of aliphatic hydroxyl groups excluding tert-OH is 1. The van der Waals surface area contributed by atoms with E-state index in [1.54, 1.807) is 18.3 Å². The average Bonchev–Trinajstić information content (AvgIpc) is 2.71. The Labute approximate surface area is 83.7 Å². The number of hydrogen-bond donors (Lipinski definition) is 1. The van der Waals surface area contributed by atoms with E-state index in [0.29, 0.717) is 12.0 Å². The Balaban J connectivity index is 2.00. The molecule has 0 aromatic carbocycles. The van der Waals surface area contributed by atoms with Crippen LogP contribution in [0.25, 0.3) is 0 Å². The first-order valence-corrected chi connectivity index (χ1v) is 5.11. The number of nitrogens with zero attached hydrogens (tertiary/aromatic N) is 1. The second kappa shape index (κ2) is 4.42. The molecular formula is C11H15NO2. The van der Waals surface area contributed by atoms with Crippen molar-refractivity contribution in [3.63, 3.8) is 0 Å². The number of aliphatic hydroxyl groups is 1. The summed E-state index contributed by atoms with van der Waals surface area (Å²) in [7, 11) is 0. The van der Waals surface area contributed by atoms with E-state index in [2.05, 4.69) is 4.98 Å². The average molecular weight is 193 g/mol. The summed E-state index contributed by atoms with van der Waals surface area (Å²) in [6.45, 7) is 0.0452. The molecule has 1 aromatic heterocycles. The van der Waals surface area contributed by atoms with E-state index in [4.69, 9.17) is 9.84 Å². The smallest absolute Gasteiger partial charge is 0.213 e. The fourth-order valence-corrected chi connectivity index (χ4v) is 1.79. The van der Waals surface area contributed by atoms with E-state index in [1.807, 2.05) is 0 Å². The van der Waals surface area contributed by atoms with Gasteiger partial charge < -0.3 is 9.84 Å². The first kappa shape index (κ1) is 9.46. The summed E-state index contributed by atoms with van der Waals surface area (Å²) >= 11 is 0. The van der Waals surface area contributed by atoms with Crippen molar-refractivity contribution in [2.45, 2.75) is 38.4 Å². The Bertz CT molecular complexity index is 295. The van der Waals surface area contributed by atoms with E-state index in [1.165, 1.54) is 12.8 Å². The van der Waals surface area contributed by atoms with Crippen molar-refractivity contribution in [1.29, 1.82) is 0 Å². The van der Waals surface area contributed by atoms with Gasteiger partial charge in [-0.2, -0.15) is 0 Å². The molecule has 0 unspecified atom stereocenters. The van der Waals surface area contributed by atoms with Gasteiger partial charge in [0.25, 0.3) is 0 Å². The van der Waals surface area contributed by atoms with E-state index in [-0.39, 0.29) is 6.61 Å². The normalized spacial score (nSPS) is 17.2. The molecule has 76 valence electrons. The number of pyridine rings is 1. The van der Waals surface area contributed by atoms with Gasteiger partial charge >= 0.3 is 0 Å². The zero-order valence-corrected chi connectivity index (χ0v) is 8.15. The second-order valence-corrected chi connectivity index (χ2v) is 3.68. The summed E-state index contributed by atoms with van der Waals surface area (Å²) in [5, 5.41) is 8.94. The number of ether oxygens (including phenoxy) is 1. The van der Waals surface area contributed by atoms with Gasteiger partial charge in [0.1, 0.15) is 6.10 Å². The predicted molar refractivity (Wildman–Crippen MR) is 53.0 cm³/mol. The first-order valence-electron chi connectivity index (χ1n) is 5.11. The minimum absolute atomic E-state index is 0.0452. The molecule has 0 radical (unpaired) electrons. The molecule has 1 aliphatic rings. The van der Waals surface area contributed by atoms with Gasteiger partial charge in [-0.05, 0) is 37.3 Å². The van der Waals surface area contributed by atoms with Crippen LogP contribution in [0.4, 0.5) is 0 Å². The van der Waals surface area contributed by atoms with Crippen molar-refractivity contribution < 1.29 is 9.84 Å². The van der Waals surface area contributed by atoms with Crippen LogP contribution in [0.1, 0.15) is 31.2 Å². The highest BCUT2D eigenvalue weighted by atomic mass is 16.5. The summed E-state index contributed by atoms with van der Waals surface area (Å²) in [6.07, 6.45) is 6.78. The van der Waals surface area contributed by atoms with E-state index >= 15 is 0 Å². The van der Waals surface area contributed by atoms with Gasteiger partial charge in [-0.25, -0.2) is 4.98 Å². The van der Waals surface area contributed by atoms with E-state index in [0.717, 1.165) is 18.4 Å². The molecule has 1 saturated carbocycles. The van der Waals surface area contributed by atoms with Crippen molar-refractivity contribution in [1.82, 2.24) is 4.98 Å². The van der Waals surface area contributed by atoms with Crippen LogP contribution in [-0.2, 0) is 6.61 Å². The predicted octanol–water partition coefficient (Wildman–Crippen LogP) is 1.90. The number of rotatable bonds is 3. The van der Waals surface area contributed by atoms with Crippen LogP contribution in [0.3, 0.4) is 0 Å². The largest absolute Gasteiger partial charge is 0.474 e. The maximum atomic E-state index is 8.94. The van der Waals surface area contributed by atoms with Gasteiger partial charge in [0.05, 0.1) is 6.61 Å². The SMILES string of the molecule is OCc1ccnc(OC2CCCC2)c1. The Morgan fingerprint density at radius 1 is 1.43 bits per heavy atom. The molecule has 3 heteroatoms. The molecule has 0 atom stereocenters. The van der Waals surface area contributed by atoms with Crippen molar-refractivity contribution in [2.24, 2.45) is 0 Å².